The minimum absolute atomic E-state index is 0.00884. The van der Waals surface area contributed by atoms with E-state index in [4.69, 9.17) is 4.74 Å². The summed E-state index contributed by atoms with van der Waals surface area (Å²) in [4.78, 5) is 19.3. The minimum Gasteiger partial charge on any atom is -0.496 e. The maximum atomic E-state index is 11.9. The van der Waals surface area contributed by atoms with Gasteiger partial charge < -0.3 is 20.3 Å². The lowest BCUT2D eigenvalue weighted by molar-refractivity contribution is -0.127. The molecular weight excluding hydrogens is 372 g/mol. The standard InChI is InChI=1S/C21H28N4O2S/c1-25(2)20(26)16-24-21(22-13-14-28-18-10-5-4-6-11-18)23-15-17-9-7-8-12-19(17)27-3/h4-12H,13-16H2,1-3H3,(H2,22,23,24). The fourth-order valence-electron chi connectivity index (χ4n) is 2.34. The molecule has 2 rings (SSSR count). The second-order valence-corrected chi connectivity index (χ2v) is 7.38. The van der Waals surface area contributed by atoms with Crippen molar-refractivity contribution in [3.8, 4) is 5.75 Å². The fourth-order valence-corrected chi connectivity index (χ4v) is 3.13. The van der Waals surface area contributed by atoms with Gasteiger partial charge in [0.15, 0.2) is 5.96 Å². The molecule has 2 aromatic rings. The number of thioether (sulfide) groups is 1. The van der Waals surface area contributed by atoms with Gasteiger partial charge in [0.2, 0.25) is 5.91 Å². The Kier molecular flexibility index (Phi) is 9.21. The molecule has 0 bridgehead atoms. The summed E-state index contributed by atoms with van der Waals surface area (Å²) in [6.45, 7) is 1.38. The third kappa shape index (κ3) is 7.52. The maximum Gasteiger partial charge on any atom is 0.241 e. The Morgan fingerprint density at radius 2 is 1.79 bits per heavy atom. The lowest BCUT2D eigenvalue weighted by Crippen LogP contribution is -2.43. The van der Waals surface area contributed by atoms with Gasteiger partial charge in [-0.25, -0.2) is 4.99 Å². The summed E-state index contributed by atoms with van der Waals surface area (Å²) in [7, 11) is 5.12. The molecule has 0 aromatic heterocycles. The molecule has 1 amide bonds. The van der Waals surface area contributed by atoms with Crippen molar-refractivity contribution in [1.29, 1.82) is 0 Å². The highest BCUT2D eigenvalue weighted by Crippen LogP contribution is 2.18. The number of hydrogen-bond donors (Lipinski definition) is 2. The lowest BCUT2D eigenvalue weighted by atomic mass is 10.2. The average molecular weight is 401 g/mol. The highest BCUT2D eigenvalue weighted by molar-refractivity contribution is 7.99. The Balaban J connectivity index is 1.94. The second-order valence-electron chi connectivity index (χ2n) is 6.21. The second kappa shape index (κ2) is 11.9. The van der Waals surface area contributed by atoms with Crippen LogP contribution in [0.3, 0.4) is 0 Å². The molecule has 0 saturated carbocycles. The highest BCUT2D eigenvalue weighted by atomic mass is 32.2. The van der Waals surface area contributed by atoms with Crippen LogP contribution in [0.4, 0.5) is 0 Å². The summed E-state index contributed by atoms with van der Waals surface area (Å²) in [6.07, 6.45) is 0. The molecule has 150 valence electrons. The number of nitrogens with one attached hydrogen (secondary N) is 2. The van der Waals surface area contributed by atoms with E-state index in [2.05, 4.69) is 27.8 Å². The first-order chi connectivity index (χ1) is 13.6. The van der Waals surface area contributed by atoms with Crippen molar-refractivity contribution in [2.24, 2.45) is 4.99 Å². The number of benzene rings is 2. The minimum atomic E-state index is -0.00884. The van der Waals surface area contributed by atoms with Gasteiger partial charge in [0.25, 0.3) is 0 Å². The van der Waals surface area contributed by atoms with Gasteiger partial charge in [0.1, 0.15) is 5.75 Å². The van der Waals surface area contributed by atoms with Gasteiger partial charge in [-0.05, 0) is 18.2 Å². The third-order valence-electron chi connectivity index (χ3n) is 3.91. The zero-order valence-corrected chi connectivity index (χ0v) is 17.5. The van der Waals surface area contributed by atoms with E-state index >= 15 is 0 Å². The first-order valence-electron chi connectivity index (χ1n) is 9.12. The summed E-state index contributed by atoms with van der Waals surface area (Å²) in [6, 6.07) is 18.0. The van der Waals surface area contributed by atoms with Crippen LogP contribution in [-0.2, 0) is 11.3 Å². The van der Waals surface area contributed by atoms with Crippen LogP contribution < -0.4 is 15.4 Å². The lowest BCUT2D eigenvalue weighted by Gasteiger charge is -2.15. The molecule has 0 spiro atoms. The van der Waals surface area contributed by atoms with Gasteiger partial charge in [0, 0.05) is 36.9 Å². The smallest absolute Gasteiger partial charge is 0.241 e. The predicted octanol–water partition coefficient (Wildman–Crippen LogP) is 2.61. The van der Waals surface area contributed by atoms with E-state index < -0.39 is 0 Å². The SMILES string of the molecule is COc1ccccc1CN=C(NCCSc1ccccc1)NCC(=O)N(C)C. The maximum absolute atomic E-state index is 11.9. The molecule has 0 atom stereocenters. The first-order valence-corrected chi connectivity index (χ1v) is 10.1. The number of hydrogen-bond acceptors (Lipinski definition) is 4. The van der Waals surface area contributed by atoms with E-state index in [0.29, 0.717) is 12.5 Å². The normalized spacial score (nSPS) is 11.0. The van der Waals surface area contributed by atoms with Crippen LogP contribution in [-0.4, -0.2) is 56.8 Å². The number of carbonyl (C=O) groups is 1. The number of guanidine groups is 1. The van der Waals surface area contributed by atoms with E-state index in [-0.39, 0.29) is 12.5 Å². The van der Waals surface area contributed by atoms with E-state index in [1.165, 1.54) is 4.90 Å². The van der Waals surface area contributed by atoms with Crippen molar-refractivity contribution >= 4 is 23.6 Å². The Morgan fingerprint density at radius 3 is 2.50 bits per heavy atom. The van der Waals surface area contributed by atoms with Crippen LogP contribution in [0.25, 0.3) is 0 Å². The van der Waals surface area contributed by atoms with Crippen LogP contribution >= 0.6 is 11.8 Å². The van der Waals surface area contributed by atoms with Gasteiger partial charge in [-0.15, -0.1) is 11.8 Å². The summed E-state index contributed by atoms with van der Waals surface area (Å²) in [5.74, 6) is 2.29. The number of rotatable bonds is 9. The van der Waals surface area contributed by atoms with Crippen molar-refractivity contribution in [3.63, 3.8) is 0 Å². The van der Waals surface area contributed by atoms with E-state index in [0.717, 1.165) is 23.6 Å². The van der Waals surface area contributed by atoms with Crippen molar-refractivity contribution < 1.29 is 9.53 Å². The molecule has 0 heterocycles. The van der Waals surface area contributed by atoms with Crippen LogP contribution in [0.5, 0.6) is 5.75 Å². The Bertz CT molecular complexity index is 766. The van der Waals surface area contributed by atoms with E-state index in [9.17, 15) is 4.79 Å². The molecule has 0 aliphatic carbocycles. The van der Waals surface area contributed by atoms with Gasteiger partial charge >= 0.3 is 0 Å². The van der Waals surface area contributed by atoms with Crippen molar-refractivity contribution in [2.45, 2.75) is 11.4 Å². The number of aliphatic imine (C=N–C) groups is 1. The molecule has 0 fully saturated rings. The first kappa shape index (κ1) is 21.6. The number of ether oxygens (including phenoxy) is 1. The van der Waals surface area contributed by atoms with Crippen LogP contribution in [0.2, 0.25) is 0 Å². The topological polar surface area (TPSA) is 66.0 Å². The number of nitrogens with zero attached hydrogens (tertiary/aromatic N) is 2. The van der Waals surface area contributed by atoms with Crippen molar-refractivity contribution in [3.05, 3.63) is 60.2 Å². The number of carbonyl (C=O) groups excluding carboxylic acids is 1. The van der Waals surface area contributed by atoms with Crippen LogP contribution in [0.1, 0.15) is 5.56 Å². The Morgan fingerprint density at radius 1 is 1.07 bits per heavy atom. The quantitative estimate of drug-likeness (QED) is 0.293. The highest BCUT2D eigenvalue weighted by Gasteiger charge is 2.07. The fraction of sp³-hybridized carbons (Fsp3) is 0.333. The van der Waals surface area contributed by atoms with Gasteiger partial charge in [0.05, 0.1) is 20.2 Å². The zero-order valence-electron chi connectivity index (χ0n) is 16.6. The number of amides is 1. The molecule has 2 aromatic carbocycles. The molecule has 28 heavy (non-hydrogen) atoms. The van der Waals surface area contributed by atoms with Gasteiger partial charge in [-0.2, -0.15) is 0 Å². The van der Waals surface area contributed by atoms with Crippen molar-refractivity contribution in [2.75, 3.05) is 40.0 Å². The zero-order chi connectivity index (χ0) is 20.2. The summed E-state index contributed by atoms with van der Waals surface area (Å²) < 4.78 is 5.38. The van der Waals surface area contributed by atoms with Crippen molar-refractivity contribution in [1.82, 2.24) is 15.5 Å². The Labute approximate surface area is 171 Å². The van der Waals surface area contributed by atoms with Crippen LogP contribution in [0.15, 0.2) is 64.5 Å². The molecular formula is C21H28N4O2S. The molecule has 7 heteroatoms. The molecule has 2 N–H and O–H groups in total. The molecule has 0 saturated heterocycles. The monoisotopic (exact) mass is 400 g/mol. The van der Waals surface area contributed by atoms with Crippen LogP contribution in [0, 0.1) is 0 Å². The average Bonchev–Trinajstić information content (AvgIpc) is 2.73. The molecule has 6 nitrogen and oxygen atoms in total. The predicted molar refractivity (Wildman–Crippen MR) is 116 cm³/mol. The van der Waals surface area contributed by atoms with E-state index in [1.807, 2.05) is 42.5 Å². The van der Waals surface area contributed by atoms with Gasteiger partial charge in [-0.3, -0.25) is 4.79 Å². The molecule has 0 aliphatic heterocycles. The summed E-state index contributed by atoms with van der Waals surface area (Å²) in [5.41, 5.74) is 0.990. The number of likely N-dealkylation sites (N-methyl/N-ethyl adjacent to an activating group) is 1. The Hall–Kier alpha value is -2.67. The molecule has 0 radical (unpaired) electrons. The number of methoxy groups -OCH3 is 1. The van der Waals surface area contributed by atoms with Gasteiger partial charge in [-0.1, -0.05) is 36.4 Å². The third-order valence-corrected chi connectivity index (χ3v) is 4.93. The summed E-state index contributed by atoms with van der Waals surface area (Å²) in [5, 5.41) is 6.40. The largest absolute Gasteiger partial charge is 0.496 e. The van der Waals surface area contributed by atoms with E-state index in [1.54, 1.807) is 37.9 Å². The number of para-hydroxylation sites is 1. The molecule has 0 aliphatic rings. The molecule has 0 unspecified atom stereocenters. The summed E-state index contributed by atoms with van der Waals surface area (Å²) >= 11 is 1.77.